The smallest absolute Gasteiger partial charge is 0.411 e. The lowest BCUT2D eigenvalue weighted by molar-refractivity contribution is 0.0873. The highest BCUT2D eigenvalue weighted by atomic mass is 16.6. The van der Waals surface area contributed by atoms with E-state index in [1.165, 1.54) is 49.0 Å². The van der Waals surface area contributed by atoms with E-state index in [1.807, 2.05) is 19.2 Å². The van der Waals surface area contributed by atoms with E-state index in [-0.39, 0.29) is 12.2 Å². The van der Waals surface area contributed by atoms with Gasteiger partial charge in [0.1, 0.15) is 11.9 Å². The van der Waals surface area contributed by atoms with Crippen molar-refractivity contribution >= 4 is 22.7 Å². The number of aryl methyl sites for hydroxylation is 3. The number of benzene rings is 2. The quantitative estimate of drug-likeness (QED) is 0.276. The molecule has 1 atom stereocenters. The molecule has 2 heterocycles. The minimum absolute atomic E-state index is 0.0517. The van der Waals surface area contributed by atoms with E-state index >= 15 is 0 Å². The number of carbonyl (C=O) groups is 1. The van der Waals surface area contributed by atoms with Crippen LogP contribution in [0.3, 0.4) is 0 Å². The fourth-order valence-electron chi connectivity index (χ4n) is 5.69. The minimum Gasteiger partial charge on any atom is -0.496 e. The highest BCUT2D eigenvalue weighted by Crippen LogP contribution is 2.30. The number of nitrogens with zero attached hydrogens (tertiary/aromatic N) is 2. The number of pyridine rings is 1. The highest BCUT2D eigenvalue weighted by Gasteiger charge is 2.18. The Morgan fingerprint density at radius 1 is 1.00 bits per heavy atom. The number of amides is 1. The Bertz CT molecular complexity index is 1270. The third kappa shape index (κ3) is 7.51. The zero-order valence-electron chi connectivity index (χ0n) is 24.4. The van der Waals surface area contributed by atoms with Crippen LogP contribution in [0, 0.1) is 13.8 Å². The Hall–Kier alpha value is -3.12. The maximum Gasteiger partial charge on any atom is 0.411 e. The summed E-state index contributed by atoms with van der Waals surface area (Å²) in [4.78, 5) is 20.0. The Morgan fingerprint density at radius 3 is 2.51 bits per heavy atom. The van der Waals surface area contributed by atoms with Gasteiger partial charge in [-0.15, -0.1) is 0 Å². The Labute approximate surface area is 234 Å². The van der Waals surface area contributed by atoms with E-state index in [9.17, 15) is 4.79 Å². The van der Waals surface area contributed by atoms with Gasteiger partial charge in [0.2, 0.25) is 0 Å². The first-order chi connectivity index (χ1) is 18.9. The molecule has 1 aliphatic heterocycles. The van der Waals surface area contributed by atoms with Crippen LogP contribution in [0.4, 0.5) is 10.5 Å². The molecule has 0 aliphatic carbocycles. The Morgan fingerprint density at radius 2 is 1.79 bits per heavy atom. The van der Waals surface area contributed by atoms with E-state index < -0.39 is 0 Å². The molecule has 0 radical (unpaired) electrons. The van der Waals surface area contributed by atoms with Crippen LogP contribution in [-0.4, -0.2) is 48.8 Å². The van der Waals surface area contributed by atoms with Crippen molar-refractivity contribution in [2.75, 3.05) is 32.1 Å². The molecule has 0 spiro atoms. The lowest BCUT2D eigenvalue weighted by Gasteiger charge is -2.28. The van der Waals surface area contributed by atoms with Crippen LogP contribution >= 0.6 is 0 Å². The summed E-state index contributed by atoms with van der Waals surface area (Å²) in [6.07, 6.45) is 9.83. The Balaban J connectivity index is 1.44. The summed E-state index contributed by atoms with van der Waals surface area (Å²) in [5, 5.41) is 4.18. The van der Waals surface area contributed by atoms with Crippen LogP contribution in [0.2, 0.25) is 0 Å². The summed E-state index contributed by atoms with van der Waals surface area (Å²) >= 11 is 0. The van der Waals surface area contributed by atoms with Gasteiger partial charge in [-0.3, -0.25) is 10.3 Å². The summed E-state index contributed by atoms with van der Waals surface area (Å²) in [6, 6.07) is 10.6. The maximum atomic E-state index is 12.9. The lowest BCUT2D eigenvalue weighted by Crippen LogP contribution is -2.33. The molecule has 1 aliphatic rings. The molecule has 0 saturated carbocycles. The molecule has 1 N–H and O–H groups in total. The second-order valence-corrected chi connectivity index (χ2v) is 10.9. The van der Waals surface area contributed by atoms with Crippen molar-refractivity contribution in [3.8, 4) is 5.75 Å². The maximum absolute atomic E-state index is 12.9. The van der Waals surface area contributed by atoms with Crippen molar-refractivity contribution in [2.45, 2.75) is 85.2 Å². The van der Waals surface area contributed by atoms with Gasteiger partial charge in [-0.25, -0.2) is 4.79 Å². The molecular weight excluding hydrogens is 486 g/mol. The van der Waals surface area contributed by atoms with Crippen LogP contribution in [0.5, 0.6) is 5.75 Å². The molecule has 1 fully saturated rings. The number of rotatable bonds is 11. The number of fused-ring (bicyclic) bond motifs is 1. The third-order valence-corrected chi connectivity index (χ3v) is 8.02. The normalized spacial score (nSPS) is 14.8. The van der Waals surface area contributed by atoms with Gasteiger partial charge in [0.05, 0.1) is 12.6 Å². The van der Waals surface area contributed by atoms with Gasteiger partial charge in [0.25, 0.3) is 0 Å². The summed E-state index contributed by atoms with van der Waals surface area (Å²) in [7, 11) is 1.71. The van der Waals surface area contributed by atoms with E-state index in [1.54, 1.807) is 7.11 Å². The molecule has 2 aromatic carbocycles. The van der Waals surface area contributed by atoms with Gasteiger partial charge in [-0.2, -0.15) is 0 Å². The van der Waals surface area contributed by atoms with Crippen molar-refractivity contribution in [1.82, 2.24) is 9.88 Å². The van der Waals surface area contributed by atoms with Gasteiger partial charge in [-0.05, 0) is 111 Å². The van der Waals surface area contributed by atoms with Gasteiger partial charge in [0, 0.05) is 29.9 Å². The molecule has 4 rings (SSSR count). The number of aromatic nitrogens is 1. The predicted molar refractivity (Wildman–Crippen MR) is 160 cm³/mol. The number of anilines is 1. The van der Waals surface area contributed by atoms with Crippen molar-refractivity contribution in [3.05, 3.63) is 64.3 Å². The van der Waals surface area contributed by atoms with Crippen molar-refractivity contribution < 1.29 is 14.3 Å². The van der Waals surface area contributed by atoms with E-state index in [0.717, 1.165) is 72.1 Å². The largest absolute Gasteiger partial charge is 0.496 e. The average Bonchev–Trinajstić information content (AvgIpc) is 2.94. The molecule has 0 bridgehead atoms. The number of methoxy groups -OCH3 is 1. The number of hydrogen-bond donors (Lipinski definition) is 1. The second kappa shape index (κ2) is 13.8. The van der Waals surface area contributed by atoms with E-state index in [2.05, 4.69) is 60.2 Å². The van der Waals surface area contributed by atoms with Crippen LogP contribution in [0.1, 0.15) is 80.2 Å². The predicted octanol–water partition coefficient (Wildman–Crippen LogP) is 7.61. The van der Waals surface area contributed by atoms with Crippen molar-refractivity contribution in [1.29, 1.82) is 0 Å². The molecule has 1 aromatic heterocycles. The number of nitrogens with one attached hydrogen (secondary N) is 1. The first-order valence-electron chi connectivity index (χ1n) is 14.7. The first kappa shape index (κ1) is 28.9. The Kier molecular flexibility index (Phi) is 10.2. The third-order valence-electron chi connectivity index (χ3n) is 8.02. The minimum atomic E-state index is -0.358. The number of carbonyl (C=O) groups excluding carboxylic acids is 1. The van der Waals surface area contributed by atoms with Crippen molar-refractivity contribution in [3.63, 3.8) is 0 Å². The molecule has 1 unspecified atom stereocenters. The topological polar surface area (TPSA) is 63.7 Å². The fraction of sp³-hybridized carbons (Fsp3) is 0.515. The van der Waals surface area contributed by atoms with Crippen LogP contribution in [0.25, 0.3) is 10.9 Å². The molecule has 3 aromatic rings. The van der Waals surface area contributed by atoms with Gasteiger partial charge in [-0.1, -0.05) is 32.8 Å². The number of ether oxygens (including phenoxy) is 2. The lowest BCUT2D eigenvalue weighted by atomic mass is 9.94. The molecule has 6 heteroatoms. The van der Waals surface area contributed by atoms with Crippen LogP contribution in [0.15, 0.2) is 36.5 Å². The summed E-state index contributed by atoms with van der Waals surface area (Å²) in [5.41, 5.74) is 7.57. The summed E-state index contributed by atoms with van der Waals surface area (Å²) < 4.78 is 11.5. The average molecular weight is 532 g/mol. The molecule has 210 valence electrons. The number of hydrogen-bond acceptors (Lipinski definition) is 5. The zero-order valence-corrected chi connectivity index (χ0v) is 24.4. The highest BCUT2D eigenvalue weighted by molar-refractivity contribution is 5.87. The molecular formula is C33H45N3O3. The van der Waals surface area contributed by atoms with Gasteiger partial charge >= 0.3 is 6.09 Å². The summed E-state index contributed by atoms with van der Waals surface area (Å²) in [5.74, 6) is 0.886. The molecule has 39 heavy (non-hydrogen) atoms. The number of likely N-dealkylation sites (tertiary alicyclic amines) is 1. The van der Waals surface area contributed by atoms with Crippen molar-refractivity contribution in [2.24, 2.45) is 0 Å². The first-order valence-corrected chi connectivity index (χ1v) is 14.7. The molecule has 1 saturated heterocycles. The van der Waals surface area contributed by atoms with Crippen LogP contribution < -0.4 is 10.1 Å². The van der Waals surface area contributed by atoms with E-state index in [4.69, 9.17) is 9.47 Å². The van der Waals surface area contributed by atoms with Gasteiger partial charge in [0.15, 0.2) is 0 Å². The standard InChI is InChI=1S/C33H45N3O3/c1-6-11-28(13-17-36-15-9-8-10-16-36)39-33(37)35-30-19-23(3)27(18-24(30)4)20-26-12-14-34-31-22-32(38-5)25(7-2)21-29(26)31/h12,14,18-19,21-22,28H,6-11,13,15-17,20H2,1-5H3,(H,35,37). The zero-order chi connectivity index (χ0) is 27.8. The molecule has 6 nitrogen and oxygen atoms in total. The van der Waals surface area contributed by atoms with E-state index in [0.29, 0.717) is 0 Å². The summed E-state index contributed by atoms with van der Waals surface area (Å²) in [6.45, 7) is 11.8. The monoisotopic (exact) mass is 531 g/mol. The number of piperidine rings is 1. The SMILES string of the molecule is CCCC(CCN1CCCCC1)OC(=O)Nc1cc(C)c(Cc2ccnc3cc(OC)c(CC)cc23)cc1C. The molecule has 1 amide bonds. The van der Waals surface area contributed by atoms with Crippen LogP contribution in [-0.2, 0) is 17.6 Å². The second-order valence-electron chi connectivity index (χ2n) is 10.9. The van der Waals surface area contributed by atoms with Gasteiger partial charge < -0.3 is 14.4 Å². The fourth-order valence-corrected chi connectivity index (χ4v) is 5.69.